The highest BCUT2D eigenvalue weighted by atomic mass is 32.2. The maximum Gasteiger partial charge on any atom is 0.244 e. The molecule has 0 fully saturated rings. The molecule has 6 nitrogen and oxygen atoms in total. The first-order chi connectivity index (χ1) is 9.22. The summed E-state index contributed by atoms with van der Waals surface area (Å²) in [4.78, 5) is -0.0257. The van der Waals surface area contributed by atoms with Gasteiger partial charge in [-0.25, -0.2) is 13.1 Å². The van der Waals surface area contributed by atoms with E-state index in [1.54, 1.807) is 13.0 Å². The maximum absolute atomic E-state index is 12.4. The summed E-state index contributed by atoms with van der Waals surface area (Å²) in [6.45, 7) is 5.14. The van der Waals surface area contributed by atoms with Crippen LogP contribution in [0.25, 0.3) is 0 Å². The Labute approximate surface area is 120 Å². The Bertz CT molecular complexity index is 570. The predicted molar refractivity (Wildman–Crippen MR) is 78.2 cm³/mol. The van der Waals surface area contributed by atoms with Gasteiger partial charge in [-0.2, -0.15) is 0 Å². The van der Waals surface area contributed by atoms with E-state index in [0.29, 0.717) is 5.69 Å². The van der Waals surface area contributed by atoms with E-state index in [9.17, 15) is 13.5 Å². The number of nitrogens with two attached hydrogens (primary N) is 1. The number of aryl methyl sites for hydroxylation is 1. The number of sulfonamides is 1. The lowest BCUT2D eigenvalue weighted by molar-refractivity contribution is 0.227. The van der Waals surface area contributed by atoms with Gasteiger partial charge in [0.05, 0.1) is 13.7 Å². The zero-order chi connectivity index (χ0) is 15.5. The fraction of sp³-hybridized carbons (Fsp3) is 0.538. The quantitative estimate of drug-likeness (QED) is 0.677. The summed E-state index contributed by atoms with van der Waals surface area (Å²) >= 11 is 0. The van der Waals surface area contributed by atoms with Crippen LogP contribution in [0.5, 0.6) is 5.75 Å². The molecule has 0 saturated carbocycles. The molecule has 0 saturated heterocycles. The number of rotatable bonds is 6. The van der Waals surface area contributed by atoms with Gasteiger partial charge < -0.3 is 15.6 Å². The van der Waals surface area contributed by atoms with Gasteiger partial charge in [-0.1, -0.05) is 13.8 Å². The second-order valence-corrected chi connectivity index (χ2v) is 6.70. The van der Waals surface area contributed by atoms with E-state index >= 15 is 0 Å². The minimum absolute atomic E-state index is 0.0257. The number of aliphatic hydroxyl groups is 1. The Morgan fingerprint density at radius 1 is 1.40 bits per heavy atom. The van der Waals surface area contributed by atoms with Gasteiger partial charge in [0.1, 0.15) is 10.6 Å². The van der Waals surface area contributed by atoms with Gasteiger partial charge >= 0.3 is 0 Å². The first kappa shape index (κ1) is 16.7. The molecule has 1 atom stereocenters. The van der Waals surface area contributed by atoms with Crippen molar-refractivity contribution in [2.45, 2.75) is 31.7 Å². The largest absolute Gasteiger partial charge is 0.495 e. The molecule has 0 spiro atoms. The summed E-state index contributed by atoms with van der Waals surface area (Å²) in [6.07, 6.45) is 0. The van der Waals surface area contributed by atoms with Gasteiger partial charge in [-0.15, -0.1) is 0 Å². The maximum atomic E-state index is 12.4. The van der Waals surface area contributed by atoms with Gasteiger partial charge in [-0.05, 0) is 30.5 Å². The highest BCUT2D eigenvalue weighted by Crippen LogP contribution is 2.29. The third-order valence-corrected chi connectivity index (χ3v) is 4.66. The molecule has 0 heterocycles. The van der Waals surface area contributed by atoms with Crippen molar-refractivity contribution < 1.29 is 18.3 Å². The fourth-order valence-electron chi connectivity index (χ4n) is 1.69. The molecular formula is C13H22N2O4S. The minimum Gasteiger partial charge on any atom is -0.495 e. The topological polar surface area (TPSA) is 102 Å². The first-order valence-electron chi connectivity index (χ1n) is 6.30. The van der Waals surface area contributed by atoms with Crippen LogP contribution in [-0.4, -0.2) is 33.3 Å². The molecule has 20 heavy (non-hydrogen) atoms. The summed E-state index contributed by atoms with van der Waals surface area (Å²) in [5.41, 5.74) is 6.88. The number of nitrogens with one attached hydrogen (secondary N) is 1. The summed E-state index contributed by atoms with van der Waals surface area (Å²) in [6, 6.07) is 2.38. The molecule has 1 aromatic rings. The molecule has 0 aromatic heterocycles. The Hall–Kier alpha value is -1.31. The lowest BCUT2D eigenvalue weighted by Gasteiger charge is -2.21. The predicted octanol–water partition coefficient (Wildman–Crippen LogP) is 0.881. The van der Waals surface area contributed by atoms with Crippen LogP contribution in [0.1, 0.15) is 19.4 Å². The standard InChI is InChI=1S/C13H22N2O4S/c1-8(2)11(7-16)15-20(17,18)13-6-10(14)9(3)5-12(13)19-4/h5-6,8,11,15-16H,7,14H2,1-4H3. The van der Waals surface area contributed by atoms with Crippen molar-refractivity contribution >= 4 is 15.7 Å². The smallest absolute Gasteiger partial charge is 0.244 e. The summed E-state index contributed by atoms with van der Waals surface area (Å²) in [5.74, 6) is 0.188. The minimum atomic E-state index is -3.81. The number of benzene rings is 1. The van der Waals surface area contributed by atoms with Crippen molar-refractivity contribution in [2.75, 3.05) is 19.5 Å². The van der Waals surface area contributed by atoms with Crippen molar-refractivity contribution in [1.82, 2.24) is 4.72 Å². The highest BCUT2D eigenvalue weighted by Gasteiger charge is 2.25. The molecule has 114 valence electrons. The molecule has 0 aliphatic carbocycles. The number of anilines is 1. The van der Waals surface area contributed by atoms with Crippen LogP contribution < -0.4 is 15.2 Å². The lowest BCUT2D eigenvalue weighted by atomic mass is 10.1. The molecule has 0 amide bonds. The molecule has 1 aromatic carbocycles. The normalized spacial score (nSPS) is 13.5. The van der Waals surface area contributed by atoms with Crippen LogP contribution in [-0.2, 0) is 10.0 Å². The van der Waals surface area contributed by atoms with Gasteiger partial charge in [0.25, 0.3) is 0 Å². The Morgan fingerprint density at radius 2 is 2.00 bits per heavy atom. The van der Waals surface area contributed by atoms with Crippen molar-refractivity contribution in [3.63, 3.8) is 0 Å². The highest BCUT2D eigenvalue weighted by molar-refractivity contribution is 7.89. The molecule has 1 unspecified atom stereocenters. The van der Waals surface area contributed by atoms with E-state index < -0.39 is 16.1 Å². The van der Waals surface area contributed by atoms with E-state index in [1.807, 2.05) is 13.8 Å². The number of hydrogen-bond acceptors (Lipinski definition) is 5. The number of aliphatic hydroxyl groups excluding tert-OH is 1. The zero-order valence-electron chi connectivity index (χ0n) is 12.2. The molecule has 0 radical (unpaired) electrons. The molecule has 0 aliphatic heterocycles. The van der Waals surface area contributed by atoms with Crippen molar-refractivity contribution in [3.8, 4) is 5.75 Å². The third-order valence-electron chi connectivity index (χ3n) is 3.15. The summed E-state index contributed by atoms with van der Waals surface area (Å²) in [7, 11) is -2.41. The van der Waals surface area contributed by atoms with E-state index in [0.717, 1.165) is 5.56 Å². The number of nitrogen functional groups attached to an aromatic ring is 1. The Balaban J connectivity index is 3.25. The van der Waals surface area contributed by atoms with E-state index in [2.05, 4.69) is 4.72 Å². The van der Waals surface area contributed by atoms with Crippen molar-refractivity contribution in [3.05, 3.63) is 17.7 Å². The molecule has 7 heteroatoms. The molecule has 1 rings (SSSR count). The van der Waals surface area contributed by atoms with E-state index in [-0.39, 0.29) is 23.2 Å². The monoisotopic (exact) mass is 302 g/mol. The molecular weight excluding hydrogens is 280 g/mol. The van der Waals surface area contributed by atoms with Crippen LogP contribution in [0.3, 0.4) is 0 Å². The second kappa shape index (κ2) is 6.43. The van der Waals surface area contributed by atoms with E-state index in [1.165, 1.54) is 13.2 Å². The summed E-state index contributed by atoms with van der Waals surface area (Å²) < 4.78 is 32.4. The number of methoxy groups -OCH3 is 1. The average Bonchev–Trinajstić information content (AvgIpc) is 2.38. The van der Waals surface area contributed by atoms with Crippen molar-refractivity contribution in [2.24, 2.45) is 5.92 Å². The van der Waals surface area contributed by atoms with Crippen LogP contribution in [0.15, 0.2) is 17.0 Å². The Morgan fingerprint density at radius 3 is 2.45 bits per heavy atom. The lowest BCUT2D eigenvalue weighted by Crippen LogP contribution is -2.41. The fourth-order valence-corrected chi connectivity index (χ4v) is 3.26. The molecule has 0 aliphatic rings. The van der Waals surface area contributed by atoms with E-state index in [4.69, 9.17) is 10.5 Å². The number of hydrogen-bond donors (Lipinski definition) is 3. The van der Waals surface area contributed by atoms with Crippen LogP contribution >= 0.6 is 0 Å². The average molecular weight is 302 g/mol. The van der Waals surface area contributed by atoms with Crippen LogP contribution in [0.2, 0.25) is 0 Å². The number of ether oxygens (including phenoxy) is 1. The third kappa shape index (κ3) is 3.62. The molecule has 0 bridgehead atoms. The van der Waals surface area contributed by atoms with Gasteiger partial charge in [0.2, 0.25) is 10.0 Å². The summed E-state index contributed by atoms with van der Waals surface area (Å²) in [5, 5.41) is 9.25. The van der Waals surface area contributed by atoms with Crippen LogP contribution in [0, 0.1) is 12.8 Å². The van der Waals surface area contributed by atoms with Gasteiger partial charge in [-0.3, -0.25) is 0 Å². The van der Waals surface area contributed by atoms with Crippen LogP contribution in [0.4, 0.5) is 5.69 Å². The van der Waals surface area contributed by atoms with Crippen molar-refractivity contribution in [1.29, 1.82) is 0 Å². The Kier molecular flexibility index (Phi) is 5.38. The van der Waals surface area contributed by atoms with Gasteiger partial charge in [0, 0.05) is 11.7 Å². The molecule has 4 N–H and O–H groups in total. The SMILES string of the molecule is COc1cc(C)c(N)cc1S(=O)(=O)NC(CO)C(C)C. The second-order valence-electron chi connectivity index (χ2n) is 5.01. The first-order valence-corrected chi connectivity index (χ1v) is 7.78. The zero-order valence-corrected chi connectivity index (χ0v) is 13.0. The van der Waals surface area contributed by atoms with Gasteiger partial charge in [0.15, 0.2) is 0 Å².